The Labute approximate surface area is 148 Å². The maximum atomic E-state index is 5.28. The summed E-state index contributed by atoms with van der Waals surface area (Å²) < 4.78 is 15.8. The van der Waals surface area contributed by atoms with Crippen molar-refractivity contribution in [2.75, 3.05) is 21.3 Å². The van der Waals surface area contributed by atoms with Gasteiger partial charge in [0, 0.05) is 12.2 Å². The Hall–Kier alpha value is -3.07. The minimum atomic E-state index is 0.840. The summed E-state index contributed by atoms with van der Waals surface area (Å²) in [6.07, 6.45) is 8.09. The van der Waals surface area contributed by atoms with Gasteiger partial charge in [0.2, 0.25) is 0 Å². The van der Waals surface area contributed by atoms with Gasteiger partial charge < -0.3 is 9.47 Å². The van der Waals surface area contributed by atoms with Gasteiger partial charge in [-0.15, -0.1) is 0 Å². The molecule has 0 spiro atoms. The smallest absolute Gasteiger partial charge is 0.343 e. The molecule has 126 valence electrons. The minimum absolute atomic E-state index is 0.840. The summed E-state index contributed by atoms with van der Waals surface area (Å²) in [5.74, 6) is 2.52. The van der Waals surface area contributed by atoms with E-state index in [-0.39, 0.29) is 0 Å². The lowest BCUT2D eigenvalue weighted by Gasteiger charge is -2.14. The van der Waals surface area contributed by atoms with Gasteiger partial charge >= 0.3 is 5.78 Å². The second kappa shape index (κ2) is 7.67. The molecule has 0 unspecified atom stereocenters. The molecular formula is C22H21O3+. The zero-order valence-corrected chi connectivity index (χ0v) is 14.7. The average molecular weight is 333 g/mol. The van der Waals surface area contributed by atoms with E-state index in [9.17, 15) is 0 Å². The van der Waals surface area contributed by atoms with E-state index in [0.717, 1.165) is 39.6 Å². The zero-order chi connectivity index (χ0) is 17.6. The van der Waals surface area contributed by atoms with Gasteiger partial charge in [0.05, 0.1) is 14.2 Å². The molecule has 0 N–H and O–H groups in total. The molecule has 1 aliphatic rings. The first-order valence-electron chi connectivity index (χ1n) is 8.05. The largest absolute Gasteiger partial charge is 0.497 e. The molecule has 0 aliphatic heterocycles. The number of carbonyl (C=O) groups excluding carboxylic acids is 1. The number of rotatable bonds is 4. The van der Waals surface area contributed by atoms with E-state index < -0.39 is 0 Å². The van der Waals surface area contributed by atoms with E-state index >= 15 is 0 Å². The van der Waals surface area contributed by atoms with Crippen LogP contribution < -0.4 is 9.47 Å². The van der Waals surface area contributed by atoms with Gasteiger partial charge in [-0.05, 0) is 58.7 Å². The number of ketones is 1. The Morgan fingerprint density at radius 2 is 1.12 bits per heavy atom. The van der Waals surface area contributed by atoms with Crippen molar-refractivity contribution in [1.82, 2.24) is 0 Å². The highest BCUT2D eigenvalue weighted by atomic mass is 16.5. The van der Waals surface area contributed by atoms with Crippen LogP contribution in [0.5, 0.6) is 11.5 Å². The summed E-state index contributed by atoms with van der Waals surface area (Å²) in [6.45, 7) is 0. The predicted molar refractivity (Wildman–Crippen MR) is 101 cm³/mol. The quantitative estimate of drug-likeness (QED) is 0.778. The molecule has 0 aromatic heterocycles. The molecule has 2 aromatic carbocycles. The lowest BCUT2D eigenvalue weighted by molar-refractivity contribution is -0.417. The summed E-state index contributed by atoms with van der Waals surface area (Å²) in [4.78, 5) is 0. The summed E-state index contributed by atoms with van der Waals surface area (Å²) >= 11 is 0. The number of ether oxygens (including phenoxy) is 2. The number of hydrogen-bond donors (Lipinski definition) is 0. The van der Waals surface area contributed by atoms with Crippen LogP contribution in [0.25, 0.3) is 5.57 Å². The number of methoxy groups -OCH3 is 2. The zero-order valence-electron chi connectivity index (χ0n) is 14.7. The van der Waals surface area contributed by atoms with E-state index in [0.29, 0.717) is 0 Å². The van der Waals surface area contributed by atoms with Gasteiger partial charge in [0.15, 0.2) is 0 Å². The van der Waals surface area contributed by atoms with Crippen molar-refractivity contribution in [1.29, 1.82) is 0 Å². The topological polar surface area (TPSA) is 29.8 Å². The van der Waals surface area contributed by atoms with Crippen molar-refractivity contribution < 1.29 is 13.9 Å². The van der Waals surface area contributed by atoms with Crippen LogP contribution >= 0.6 is 0 Å². The molecule has 1 aliphatic carbocycles. The average Bonchev–Trinajstić information content (AvgIpc) is 2.70. The third-order valence-electron chi connectivity index (χ3n) is 4.14. The van der Waals surface area contributed by atoms with Crippen LogP contribution in [0.1, 0.15) is 11.1 Å². The van der Waals surface area contributed by atoms with Crippen LogP contribution in [0.15, 0.2) is 78.4 Å². The normalized spacial score (nSPS) is 12.9. The standard InChI is InChI=1S/C22H21O3/c1-23-19-10-4-16(5-11-19)22(17-6-12-20(24-2)13-7-17)18-8-14-21(25-3)15-9-18/h4-15H,1-3H3/q+1. The first-order chi connectivity index (χ1) is 12.2. The fourth-order valence-electron chi connectivity index (χ4n) is 2.77. The van der Waals surface area contributed by atoms with Crippen LogP contribution in [0, 0.1) is 0 Å². The molecular weight excluding hydrogens is 312 g/mol. The molecule has 3 rings (SSSR count). The highest BCUT2D eigenvalue weighted by molar-refractivity contribution is 6.03. The van der Waals surface area contributed by atoms with Crippen molar-refractivity contribution >= 4 is 11.4 Å². The van der Waals surface area contributed by atoms with E-state index in [1.54, 1.807) is 21.3 Å². The highest BCUT2D eigenvalue weighted by Gasteiger charge is 2.14. The first-order valence-corrected chi connectivity index (χ1v) is 8.05. The SMILES string of the molecule is COc1ccc(C(=C2C=CC(=[O+]C)C=C2)c2ccc(OC)cc2)cc1. The second-order valence-corrected chi connectivity index (χ2v) is 5.56. The van der Waals surface area contributed by atoms with Crippen LogP contribution in [0.2, 0.25) is 0 Å². The molecule has 0 fully saturated rings. The van der Waals surface area contributed by atoms with Gasteiger partial charge in [-0.3, -0.25) is 4.42 Å². The third kappa shape index (κ3) is 3.72. The molecule has 0 bridgehead atoms. The van der Waals surface area contributed by atoms with E-state index in [1.165, 1.54) is 0 Å². The Bertz CT molecular complexity index is 784. The molecule has 0 radical (unpaired) electrons. The Kier molecular flexibility index (Phi) is 5.14. The number of allylic oxidation sites excluding steroid dienone is 5. The van der Waals surface area contributed by atoms with Gasteiger partial charge in [0.1, 0.15) is 11.5 Å². The molecule has 25 heavy (non-hydrogen) atoms. The first kappa shape index (κ1) is 16.8. The van der Waals surface area contributed by atoms with Gasteiger partial charge in [-0.1, -0.05) is 24.3 Å². The summed E-state index contributed by atoms with van der Waals surface area (Å²) in [5.41, 5.74) is 4.51. The molecule has 0 saturated carbocycles. The van der Waals surface area contributed by atoms with Crippen molar-refractivity contribution in [3.63, 3.8) is 0 Å². The fourth-order valence-corrected chi connectivity index (χ4v) is 2.77. The summed E-state index contributed by atoms with van der Waals surface area (Å²) in [7, 11) is 5.02. The Morgan fingerprint density at radius 1 is 0.680 bits per heavy atom. The van der Waals surface area contributed by atoms with Gasteiger partial charge in [-0.25, -0.2) is 0 Å². The van der Waals surface area contributed by atoms with Crippen LogP contribution in [0.4, 0.5) is 0 Å². The maximum Gasteiger partial charge on any atom is 0.343 e. The third-order valence-corrected chi connectivity index (χ3v) is 4.14. The highest BCUT2D eigenvalue weighted by Crippen LogP contribution is 2.31. The molecule has 2 aromatic rings. The van der Waals surface area contributed by atoms with Gasteiger partial charge in [0.25, 0.3) is 7.11 Å². The lowest BCUT2D eigenvalue weighted by Crippen LogP contribution is -1.99. The van der Waals surface area contributed by atoms with E-state index in [4.69, 9.17) is 13.9 Å². The summed E-state index contributed by atoms with van der Waals surface area (Å²) in [5, 5.41) is 0. The second-order valence-electron chi connectivity index (χ2n) is 5.56. The molecule has 0 atom stereocenters. The monoisotopic (exact) mass is 333 g/mol. The maximum absolute atomic E-state index is 5.28. The summed E-state index contributed by atoms with van der Waals surface area (Å²) in [6, 6.07) is 16.2. The molecule has 0 saturated heterocycles. The molecule has 3 heteroatoms. The van der Waals surface area contributed by atoms with Crippen LogP contribution in [-0.2, 0) is 4.42 Å². The van der Waals surface area contributed by atoms with Crippen molar-refractivity contribution in [2.24, 2.45) is 0 Å². The Balaban J connectivity index is 2.12. The minimum Gasteiger partial charge on any atom is -0.497 e. The van der Waals surface area contributed by atoms with E-state index in [1.807, 2.05) is 36.4 Å². The van der Waals surface area contributed by atoms with Crippen molar-refractivity contribution in [3.05, 3.63) is 89.5 Å². The number of hydrogen-bond acceptors (Lipinski definition) is 2. The van der Waals surface area contributed by atoms with Crippen LogP contribution in [-0.4, -0.2) is 27.1 Å². The van der Waals surface area contributed by atoms with E-state index in [2.05, 4.69) is 36.4 Å². The van der Waals surface area contributed by atoms with Crippen molar-refractivity contribution in [2.45, 2.75) is 0 Å². The molecule has 0 heterocycles. The Morgan fingerprint density at radius 3 is 1.48 bits per heavy atom. The molecule has 3 nitrogen and oxygen atoms in total. The fraction of sp³-hybridized carbons (Fsp3) is 0.136. The predicted octanol–water partition coefficient (Wildman–Crippen LogP) is 4.37. The van der Waals surface area contributed by atoms with Crippen LogP contribution in [0.3, 0.4) is 0 Å². The van der Waals surface area contributed by atoms with Crippen molar-refractivity contribution in [3.8, 4) is 11.5 Å². The number of benzene rings is 2. The lowest BCUT2D eigenvalue weighted by atomic mass is 9.91. The molecule has 0 amide bonds. The van der Waals surface area contributed by atoms with Gasteiger partial charge in [-0.2, -0.15) is 0 Å².